The fourth-order valence-corrected chi connectivity index (χ4v) is 3.25. The lowest BCUT2D eigenvalue weighted by Gasteiger charge is -2.35. The predicted molar refractivity (Wildman–Crippen MR) is 80.6 cm³/mol. The average molecular weight is 316 g/mol. The molecule has 0 saturated carbocycles. The Balaban J connectivity index is 1.55. The molecule has 6 nitrogen and oxygen atoms in total. The summed E-state index contributed by atoms with van der Waals surface area (Å²) in [7, 11) is 0. The summed E-state index contributed by atoms with van der Waals surface area (Å²) >= 11 is 0. The maximum atomic E-state index is 13.7. The van der Waals surface area contributed by atoms with Crippen LogP contribution in [-0.2, 0) is 11.3 Å². The van der Waals surface area contributed by atoms with Crippen molar-refractivity contribution < 1.29 is 13.9 Å². The second-order valence-corrected chi connectivity index (χ2v) is 5.88. The zero-order valence-corrected chi connectivity index (χ0v) is 12.6. The normalized spacial score (nSPS) is 21.3. The molecule has 0 aliphatic carbocycles. The Kier molecular flexibility index (Phi) is 3.49. The highest BCUT2D eigenvalue weighted by molar-refractivity contribution is 5.70. The van der Waals surface area contributed by atoms with Gasteiger partial charge in [0.15, 0.2) is 0 Å². The van der Waals surface area contributed by atoms with Gasteiger partial charge in [0.05, 0.1) is 11.7 Å². The Morgan fingerprint density at radius 1 is 1.35 bits per heavy atom. The van der Waals surface area contributed by atoms with Crippen LogP contribution in [0, 0.1) is 5.82 Å². The molecule has 2 saturated heterocycles. The number of carbonyl (C=O) groups excluding carboxylic acids is 1. The molecule has 2 aliphatic heterocycles. The van der Waals surface area contributed by atoms with Gasteiger partial charge < -0.3 is 4.74 Å². The molecule has 0 bridgehead atoms. The maximum Gasteiger partial charge on any atom is 0.410 e. The van der Waals surface area contributed by atoms with Gasteiger partial charge in [-0.05, 0) is 29.8 Å². The summed E-state index contributed by atoms with van der Waals surface area (Å²) in [5.74, 6) is -0.256. The van der Waals surface area contributed by atoms with E-state index in [1.165, 1.54) is 6.07 Å². The second-order valence-electron chi connectivity index (χ2n) is 5.88. The van der Waals surface area contributed by atoms with Crippen LogP contribution < -0.4 is 0 Å². The van der Waals surface area contributed by atoms with E-state index in [2.05, 4.69) is 10.00 Å². The number of hydrogen-bond donors (Lipinski definition) is 0. The van der Waals surface area contributed by atoms with Crippen LogP contribution in [0.2, 0.25) is 0 Å². The van der Waals surface area contributed by atoms with Gasteiger partial charge in [0.25, 0.3) is 0 Å². The molecule has 1 aromatic carbocycles. The van der Waals surface area contributed by atoms with Gasteiger partial charge in [-0.15, -0.1) is 0 Å². The van der Waals surface area contributed by atoms with E-state index in [0.29, 0.717) is 19.7 Å². The van der Waals surface area contributed by atoms with E-state index in [-0.39, 0.29) is 18.0 Å². The molecule has 4 rings (SSSR count). The molecular weight excluding hydrogens is 299 g/mol. The van der Waals surface area contributed by atoms with Gasteiger partial charge in [0, 0.05) is 38.6 Å². The minimum Gasteiger partial charge on any atom is -0.447 e. The van der Waals surface area contributed by atoms with Crippen LogP contribution in [0.4, 0.5) is 9.18 Å². The number of ether oxygens (including phenoxy) is 1. The standard InChI is InChI=1S/C16H17FN4O2/c17-13-2-3-15(21-5-1-4-18-21)12(8-13)9-19-6-7-20-14(10-19)11-23-16(20)22/h1-5,8,14H,6-7,9-11H2/t14-/m0/s1. The molecular formula is C16H17FN4O2. The number of hydrogen-bond acceptors (Lipinski definition) is 4. The van der Waals surface area contributed by atoms with Gasteiger partial charge in [-0.3, -0.25) is 9.80 Å². The van der Waals surface area contributed by atoms with E-state index in [9.17, 15) is 9.18 Å². The lowest BCUT2D eigenvalue weighted by atomic mass is 10.1. The van der Waals surface area contributed by atoms with Gasteiger partial charge >= 0.3 is 6.09 Å². The van der Waals surface area contributed by atoms with E-state index >= 15 is 0 Å². The molecule has 23 heavy (non-hydrogen) atoms. The first kappa shape index (κ1) is 14.2. The molecule has 0 radical (unpaired) electrons. The van der Waals surface area contributed by atoms with Gasteiger partial charge in [0.2, 0.25) is 0 Å². The summed E-state index contributed by atoms with van der Waals surface area (Å²) < 4.78 is 20.5. The molecule has 2 aliphatic rings. The van der Waals surface area contributed by atoms with Crippen molar-refractivity contribution in [3.63, 3.8) is 0 Å². The number of aromatic nitrogens is 2. The van der Waals surface area contributed by atoms with Crippen molar-refractivity contribution in [2.24, 2.45) is 0 Å². The SMILES string of the molecule is O=C1OC[C@@H]2CN(Cc3cc(F)ccc3-n3cccn3)CCN12. The highest BCUT2D eigenvalue weighted by Gasteiger charge is 2.37. The van der Waals surface area contributed by atoms with Crippen molar-refractivity contribution in [3.05, 3.63) is 48.0 Å². The Bertz CT molecular complexity index is 719. The third-order valence-corrected chi connectivity index (χ3v) is 4.39. The van der Waals surface area contributed by atoms with Crippen molar-refractivity contribution >= 4 is 6.09 Å². The van der Waals surface area contributed by atoms with Crippen LogP contribution in [0.25, 0.3) is 5.69 Å². The number of benzene rings is 1. The summed E-state index contributed by atoms with van der Waals surface area (Å²) in [5.41, 5.74) is 1.75. The number of fused-ring (bicyclic) bond motifs is 1. The van der Waals surface area contributed by atoms with E-state index in [0.717, 1.165) is 24.3 Å². The molecule has 1 amide bonds. The fraction of sp³-hybridized carbons (Fsp3) is 0.375. The van der Waals surface area contributed by atoms with Gasteiger partial charge in [-0.1, -0.05) is 0 Å². The Morgan fingerprint density at radius 3 is 3.09 bits per heavy atom. The van der Waals surface area contributed by atoms with Gasteiger partial charge in [-0.25, -0.2) is 13.9 Å². The Morgan fingerprint density at radius 2 is 2.26 bits per heavy atom. The smallest absolute Gasteiger partial charge is 0.410 e. The number of cyclic esters (lactones) is 1. The van der Waals surface area contributed by atoms with Crippen LogP contribution in [0.1, 0.15) is 5.56 Å². The minimum absolute atomic E-state index is 0.0953. The average Bonchev–Trinajstić information content (AvgIpc) is 3.18. The number of rotatable bonds is 3. The molecule has 1 atom stereocenters. The first-order chi connectivity index (χ1) is 11.2. The van der Waals surface area contributed by atoms with Gasteiger partial charge in [0.1, 0.15) is 12.4 Å². The molecule has 2 aromatic rings. The van der Waals surface area contributed by atoms with Crippen LogP contribution in [0.5, 0.6) is 0 Å². The summed E-state index contributed by atoms with van der Waals surface area (Å²) in [5, 5.41) is 4.24. The van der Waals surface area contributed by atoms with E-state index in [1.54, 1.807) is 27.9 Å². The Hall–Kier alpha value is -2.41. The molecule has 0 N–H and O–H groups in total. The number of carbonyl (C=O) groups is 1. The van der Waals surface area contributed by atoms with Crippen molar-refractivity contribution in [1.82, 2.24) is 19.6 Å². The predicted octanol–water partition coefficient (Wildman–Crippen LogP) is 1.65. The lowest BCUT2D eigenvalue weighted by molar-refractivity contribution is 0.115. The molecule has 1 aromatic heterocycles. The summed E-state index contributed by atoms with van der Waals surface area (Å²) in [6, 6.07) is 6.68. The summed E-state index contributed by atoms with van der Waals surface area (Å²) in [6.07, 6.45) is 3.32. The number of nitrogens with zero attached hydrogens (tertiary/aromatic N) is 4. The van der Waals surface area contributed by atoms with Crippen LogP contribution in [0.15, 0.2) is 36.7 Å². The van der Waals surface area contributed by atoms with E-state index in [4.69, 9.17) is 4.74 Å². The summed E-state index contributed by atoms with van der Waals surface area (Å²) in [4.78, 5) is 15.6. The van der Waals surface area contributed by atoms with Crippen molar-refractivity contribution in [2.75, 3.05) is 26.2 Å². The van der Waals surface area contributed by atoms with E-state index in [1.807, 2.05) is 12.3 Å². The van der Waals surface area contributed by atoms with Crippen LogP contribution in [-0.4, -0.2) is 58.0 Å². The number of amides is 1. The zero-order chi connectivity index (χ0) is 15.8. The number of halogens is 1. The summed E-state index contributed by atoms with van der Waals surface area (Å²) in [6.45, 7) is 3.19. The monoisotopic (exact) mass is 316 g/mol. The first-order valence-corrected chi connectivity index (χ1v) is 7.65. The number of piperazine rings is 1. The van der Waals surface area contributed by atoms with Crippen LogP contribution >= 0.6 is 0 Å². The quantitative estimate of drug-likeness (QED) is 0.864. The highest BCUT2D eigenvalue weighted by atomic mass is 19.1. The minimum atomic E-state index is -0.256. The first-order valence-electron chi connectivity index (χ1n) is 7.65. The zero-order valence-electron chi connectivity index (χ0n) is 12.6. The van der Waals surface area contributed by atoms with Crippen molar-refractivity contribution in [1.29, 1.82) is 0 Å². The molecule has 2 fully saturated rings. The van der Waals surface area contributed by atoms with Crippen molar-refractivity contribution in [2.45, 2.75) is 12.6 Å². The largest absolute Gasteiger partial charge is 0.447 e. The van der Waals surface area contributed by atoms with Crippen LogP contribution in [0.3, 0.4) is 0 Å². The molecule has 120 valence electrons. The van der Waals surface area contributed by atoms with E-state index < -0.39 is 0 Å². The van der Waals surface area contributed by atoms with Crippen molar-refractivity contribution in [3.8, 4) is 5.69 Å². The fourth-order valence-electron chi connectivity index (χ4n) is 3.25. The second kappa shape index (κ2) is 5.66. The van der Waals surface area contributed by atoms with Gasteiger partial charge in [-0.2, -0.15) is 5.10 Å². The maximum absolute atomic E-state index is 13.7. The third-order valence-electron chi connectivity index (χ3n) is 4.39. The highest BCUT2D eigenvalue weighted by Crippen LogP contribution is 2.22. The molecule has 0 spiro atoms. The third kappa shape index (κ3) is 2.68. The lowest BCUT2D eigenvalue weighted by Crippen LogP contribution is -2.51. The molecule has 3 heterocycles. The Labute approximate surface area is 133 Å². The molecule has 7 heteroatoms. The topological polar surface area (TPSA) is 50.6 Å². The molecule has 0 unspecified atom stereocenters.